The van der Waals surface area contributed by atoms with E-state index >= 15 is 0 Å². The highest BCUT2D eigenvalue weighted by atomic mass is 16.5. The van der Waals surface area contributed by atoms with Crippen molar-refractivity contribution in [2.45, 2.75) is 45.3 Å². The molecule has 0 aromatic heterocycles. The van der Waals surface area contributed by atoms with Crippen molar-refractivity contribution >= 4 is 12.0 Å². The number of hydrogen-bond donors (Lipinski definition) is 2. The van der Waals surface area contributed by atoms with Crippen LogP contribution in [0.25, 0.3) is 0 Å². The molecule has 2 amide bonds. The molecule has 1 heterocycles. The lowest BCUT2D eigenvalue weighted by Crippen LogP contribution is -2.45. The first-order valence-corrected chi connectivity index (χ1v) is 8.10. The van der Waals surface area contributed by atoms with Gasteiger partial charge in [0.1, 0.15) is 6.10 Å². The molecule has 0 saturated heterocycles. The van der Waals surface area contributed by atoms with Crippen LogP contribution in [0.3, 0.4) is 0 Å². The Balaban J connectivity index is 1.87. The maximum atomic E-state index is 12.7. The molecule has 2 aliphatic rings. The second-order valence-corrected chi connectivity index (χ2v) is 6.33. The van der Waals surface area contributed by atoms with E-state index in [0.29, 0.717) is 17.2 Å². The highest BCUT2D eigenvalue weighted by Crippen LogP contribution is 2.32. The van der Waals surface area contributed by atoms with E-state index in [9.17, 15) is 9.59 Å². The zero-order valence-electron chi connectivity index (χ0n) is 13.5. The van der Waals surface area contributed by atoms with Gasteiger partial charge in [-0.1, -0.05) is 37.3 Å². The summed E-state index contributed by atoms with van der Waals surface area (Å²) in [5, 5.41) is 5.50. The van der Waals surface area contributed by atoms with Crippen LogP contribution in [-0.4, -0.2) is 18.1 Å². The fourth-order valence-corrected chi connectivity index (χ4v) is 3.35. The van der Waals surface area contributed by atoms with Gasteiger partial charge in [0.25, 0.3) is 0 Å². The van der Waals surface area contributed by atoms with Gasteiger partial charge in [0.2, 0.25) is 0 Å². The minimum Gasteiger partial charge on any atom is -0.459 e. The maximum absolute atomic E-state index is 12.7. The fourth-order valence-electron chi connectivity index (χ4n) is 3.35. The fraction of sp³-hybridized carbons (Fsp3) is 0.444. The molecule has 0 spiro atoms. The molecule has 2 N–H and O–H groups in total. The predicted octanol–water partition coefficient (Wildman–Crippen LogP) is 3.05. The monoisotopic (exact) mass is 314 g/mol. The van der Waals surface area contributed by atoms with Crippen LogP contribution < -0.4 is 10.6 Å². The van der Waals surface area contributed by atoms with Gasteiger partial charge in [0.05, 0.1) is 11.6 Å². The molecule has 5 heteroatoms. The minimum atomic E-state index is -0.478. The van der Waals surface area contributed by atoms with E-state index in [1.165, 1.54) is 0 Å². The smallest absolute Gasteiger partial charge is 0.338 e. The quantitative estimate of drug-likeness (QED) is 0.843. The third kappa shape index (κ3) is 3.23. The van der Waals surface area contributed by atoms with E-state index in [4.69, 9.17) is 4.74 Å². The number of rotatable bonds is 3. The third-order valence-corrected chi connectivity index (χ3v) is 4.66. The van der Waals surface area contributed by atoms with Crippen LogP contribution in [0, 0.1) is 5.92 Å². The molecular formula is C18H22N2O3. The molecule has 1 fully saturated rings. The van der Waals surface area contributed by atoms with Gasteiger partial charge in [0.15, 0.2) is 0 Å². The molecule has 1 aliphatic heterocycles. The Kier molecular flexibility index (Phi) is 4.37. The summed E-state index contributed by atoms with van der Waals surface area (Å²) < 4.78 is 5.73. The van der Waals surface area contributed by atoms with Crippen molar-refractivity contribution in [1.29, 1.82) is 0 Å². The Morgan fingerprint density at radius 1 is 1.22 bits per heavy atom. The second-order valence-electron chi connectivity index (χ2n) is 6.33. The maximum Gasteiger partial charge on any atom is 0.338 e. The number of ether oxygens (including phenoxy) is 1. The topological polar surface area (TPSA) is 67.4 Å². The standard InChI is InChI=1S/C18H22N2O3/c1-11-7-6-10-14(11)23-17(21)15-12(2)19-18(22)20-16(15)13-8-4-3-5-9-13/h3-5,8-9,11,14,16H,6-7,10H2,1-2H3,(H2,19,20,22). The molecule has 3 unspecified atom stereocenters. The summed E-state index contributed by atoms with van der Waals surface area (Å²) in [5.41, 5.74) is 1.90. The lowest BCUT2D eigenvalue weighted by atomic mass is 9.95. The molecule has 1 aliphatic carbocycles. The van der Waals surface area contributed by atoms with Crippen LogP contribution in [0.5, 0.6) is 0 Å². The molecule has 5 nitrogen and oxygen atoms in total. The summed E-state index contributed by atoms with van der Waals surface area (Å²) in [4.78, 5) is 24.5. The van der Waals surface area contributed by atoms with Crippen molar-refractivity contribution < 1.29 is 14.3 Å². The van der Waals surface area contributed by atoms with Crippen LogP contribution in [0.15, 0.2) is 41.6 Å². The number of esters is 1. The van der Waals surface area contributed by atoms with E-state index in [1.54, 1.807) is 6.92 Å². The Labute approximate surface area is 136 Å². The van der Waals surface area contributed by atoms with Crippen molar-refractivity contribution in [2.75, 3.05) is 0 Å². The van der Waals surface area contributed by atoms with E-state index in [-0.39, 0.29) is 18.1 Å². The summed E-state index contributed by atoms with van der Waals surface area (Å²) in [6, 6.07) is 8.70. The highest BCUT2D eigenvalue weighted by molar-refractivity contribution is 5.95. The summed E-state index contributed by atoms with van der Waals surface area (Å²) >= 11 is 0. The van der Waals surface area contributed by atoms with Crippen LogP contribution in [-0.2, 0) is 9.53 Å². The van der Waals surface area contributed by atoms with Gasteiger partial charge in [-0.15, -0.1) is 0 Å². The van der Waals surface area contributed by atoms with Crippen LogP contribution in [0.2, 0.25) is 0 Å². The van der Waals surface area contributed by atoms with Gasteiger partial charge in [0, 0.05) is 5.70 Å². The molecule has 23 heavy (non-hydrogen) atoms. The SMILES string of the molecule is CC1=C(C(=O)OC2CCCC2C)C(c2ccccc2)NC(=O)N1. The molecule has 0 bridgehead atoms. The second kappa shape index (κ2) is 6.44. The normalized spacial score (nSPS) is 27.4. The van der Waals surface area contributed by atoms with E-state index < -0.39 is 6.04 Å². The number of amides is 2. The molecule has 3 atom stereocenters. The average molecular weight is 314 g/mol. The van der Waals surface area contributed by atoms with Crippen molar-refractivity contribution in [2.24, 2.45) is 5.92 Å². The van der Waals surface area contributed by atoms with Gasteiger partial charge < -0.3 is 15.4 Å². The Hall–Kier alpha value is -2.30. The summed E-state index contributed by atoms with van der Waals surface area (Å²) in [6.45, 7) is 3.85. The van der Waals surface area contributed by atoms with Crippen LogP contribution in [0.1, 0.15) is 44.7 Å². The number of carbonyl (C=O) groups excluding carboxylic acids is 2. The number of carbonyl (C=O) groups is 2. The van der Waals surface area contributed by atoms with Crippen molar-refractivity contribution in [1.82, 2.24) is 10.6 Å². The number of allylic oxidation sites excluding steroid dienone is 1. The summed E-state index contributed by atoms with van der Waals surface area (Å²) in [7, 11) is 0. The average Bonchev–Trinajstić information content (AvgIpc) is 2.92. The van der Waals surface area contributed by atoms with Crippen molar-refractivity contribution in [3.63, 3.8) is 0 Å². The van der Waals surface area contributed by atoms with E-state index in [0.717, 1.165) is 24.8 Å². The number of urea groups is 1. The molecule has 1 saturated carbocycles. The van der Waals surface area contributed by atoms with Gasteiger partial charge in [-0.2, -0.15) is 0 Å². The molecule has 122 valence electrons. The highest BCUT2D eigenvalue weighted by Gasteiger charge is 2.35. The lowest BCUT2D eigenvalue weighted by molar-refractivity contribution is -0.146. The largest absolute Gasteiger partial charge is 0.459 e. The molecular weight excluding hydrogens is 292 g/mol. The summed E-state index contributed by atoms with van der Waals surface area (Å²) in [5.74, 6) is 0.0452. The summed E-state index contributed by atoms with van der Waals surface area (Å²) in [6.07, 6.45) is 3.06. The van der Waals surface area contributed by atoms with Gasteiger partial charge in [-0.05, 0) is 37.7 Å². The third-order valence-electron chi connectivity index (χ3n) is 4.66. The number of benzene rings is 1. The molecule has 1 aromatic rings. The predicted molar refractivity (Wildman–Crippen MR) is 86.4 cm³/mol. The number of hydrogen-bond acceptors (Lipinski definition) is 3. The first-order chi connectivity index (χ1) is 11.1. The van der Waals surface area contributed by atoms with Gasteiger partial charge in [-0.25, -0.2) is 9.59 Å². The number of nitrogens with one attached hydrogen (secondary N) is 2. The molecule has 3 rings (SSSR count). The first-order valence-electron chi connectivity index (χ1n) is 8.10. The van der Waals surface area contributed by atoms with Gasteiger partial charge >= 0.3 is 12.0 Å². The first kappa shape index (κ1) is 15.6. The molecule has 1 aromatic carbocycles. The van der Waals surface area contributed by atoms with E-state index in [2.05, 4.69) is 17.6 Å². The van der Waals surface area contributed by atoms with E-state index in [1.807, 2.05) is 30.3 Å². The van der Waals surface area contributed by atoms with Crippen LogP contribution >= 0.6 is 0 Å². The van der Waals surface area contributed by atoms with Crippen LogP contribution in [0.4, 0.5) is 4.79 Å². The Morgan fingerprint density at radius 3 is 2.61 bits per heavy atom. The Morgan fingerprint density at radius 2 is 1.96 bits per heavy atom. The zero-order valence-corrected chi connectivity index (χ0v) is 13.5. The Bertz CT molecular complexity index is 639. The van der Waals surface area contributed by atoms with Crippen molar-refractivity contribution in [3.05, 3.63) is 47.2 Å². The van der Waals surface area contributed by atoms with Gasteiger partial charge in [-0.3, -0.25) is 0 Å². The van der Waals surface area contributed by atoms with Crippen molar-refractivity contribution in [3.8, 4) is 0 Å². The lowest BCUT2D eigenvalue weighted by Gasteiger charge is -2.29. The zero-order chi connectivity index (χ0) is 16.4. The minimum absolute atomic E-state index is 0.0307. The molecule has 0 radical (unpaired) electrons.